The predicted molar refractivity (Wildman–Crippen MR) is 126 cm³/mol. The maximum Gasteiger partial charge on any atom is 0.225 e. The van der Waals surface area contributed by atoms with Gasteiger partial charge in [-0.25, -0.2) is 0 Å². The van der Waals surface area contributed by atoms with E-state index in [4.69, 9.17) is 10.2 Å². The molecule has 0 spiro atoms. The highest BCUT2D eigenvalue weighted by molar-refractivity contribution is 6.32. The van der Waals surface area contributed by atoms with E-state index in [1.165, 1.54) is 12.1 Å². The largest absolute Gasteiger partial charge is 0.395 e. The number of ketones is 2. The molecule has 6 N–H and O–H groups in total. The zero-order chi connectivity index (χ0) is 24.5. The molecule has 0 atom stereocenters. The topological polar surface area (TPSA) is 157 Å². The first-order valence-corrected chi connectivity index (χ1v) is 11.1. The molecule has 0 unspecified atom stereocenters. The molecule has 0 fully saturated rings. The van der Waals surface area contributed by atoms with Crippen LogP contribution in [0.1, 0.15) is 44.7 Å². The standard InChI is InChI=1S/C24H28N4O6/c29-13-11-25-9-7-19(31)27-17-5-1-3-15-21(17)24(34)16-4-2-6-18(22(16)23(15)33)28-20(32)8-10-26-12-14-30/h1-6,25-26,29-30H,7-14H2,(H,27,31)(H,28,32). The van der Waals surface area contributed by atoms with Gasteiger partial charge in [-0.1, -0.05) is 24.3 Å². The molecule has 1 aliphatic carbocycles. The minimum atomic E-state index is -0.417. The Morgan fingerprint density at radius 1 is 0.647 bits per heavy atom. The van der Waals surface area contributed by atoms with Crippen molar-refractivity contribution < 1.29 is 29.4 Å². The summed E-state index contributed by atoms with van der Waals surface area (Å²) in [5.74, 6) is -1.50. The Bertz CT molecular complexity index is 1000. The molecule has 180 valence electrons. The highest BCUT2D eigenvalue weighted by Gasteiger charge is 2.34. The van der Waals surface area contributed by atoms with Crippen LogP contribution in [0.2, 0.25) is 0 Å². The van der Waals surface area contributed by atoms with Gasteiger partial charge in [-0.15, -0.1) is 0 Å². The van der Waals surface area contributed by atoms with Gasteiger partial charge in [0.2, 0.25) is 11.8 Å². The molecule has 34 heavy (non-hydrogen) atoms. The zero-order valence-electron chi connectivity index (χ0n) is 18.6. The highest BCUT2D eigenvalue weighted by atomic mass is 16.3. The van der Waals surface area contributed by atoms with Crippen LogP contribution in [0, 0.1) is 0 Å². The van der Waals surface area contributed by atoms with Gasteiger partial charge in [-0.3, -0.25) is 19.2 Å². The third-order valence-electron chi connectivity index (χ3n) is 5.26. The Hall–Kier alpha value is -3.44. The van der Waals surface area contributed by atoms with Crippen molar-refractivity contribution in [1.29, 1.82) is 0 Å². The Kier molecular flexibility index (Phi) is 9.00. The lowest BCUT2D eigenvalue weighted by molar-refractivity contribution is -0.117. The van der Waals surface area contributed by atoms with Crippen LogP contribution in [0.5, 0.6) is 0 Å². The maximum atomic E-state index is 13.3. The second-order valence-corrected chi connectivity index (χ2v) is 7.66. The van der Waals surface area contributed by atoms with E-state index >= 15 is 0 Å². The van der Waals surface area contributed by atoms with Crippen molar-refractivity contribution in [3.05, 3.63) is 58.7 Å². The van der Waals surface area contributed by atoms with E-state index in [1.807, 2.05) is 0 Å². The first-order chi connectivity index (χ1) is 16.5. The third-order valence-corrected chi connectivity index (χ3v) is 5.26. The number of fused-ring (bicyclic) bond motifs is 2. The first-order valence-electron chi connectivity index (χ1n) is 11.1. The van der Waals surface area contributed by atoms with Crippen LogP contribution in [0.3, 0.4) is 0 Å². The van der Waals surface area contributed by atoms with E-state index in [1.54, 1.807) is 24.3 Å². The molecule has 0 radical (unpaired) electrons. The molecule has 1 aliphatic rings. The fourth-order valence-electron chi connectivity index (χ4n) is 3.69. The van der Waals surface area contributed by atoms with Crippen molar-refractivity contribution in [1.82, 2.24) is 10.6 Å². The van der Waals surface area contributed by atoms with Crippen molar-refractivity contribution in [2.45, 2.75) is 12.8 Å². The minimum Gasteiger partial charge on any atom is -0.395 e. The van der Waals surface area contributed by atoms with Gasteiger partial charge in [0.25, 0.3) is 0 Å². The normalized spacial score (nSPS) is 12.2. The summed E-state index contributed by atoms with van der Waals surface area (Å²) < 4.78 is 0. The number of nitrogens with one attached hydrogen (secondary N) is 4. The number of hydrogen-bond donors (Lipinski definition) is 6. The molecule has 0 aromatic heterocycles. The van der Waals surface area contributed by atoms with Crippen LogP contribution in [0.15, 0.2) is 36.4 Å². The van der Waals surface area contributed by atoms with Gasteiger partial charge in [0, 0.05) is 50.1 Å². The molecular weight excluding hydrogens is 440 g/mol. The molecule has 0 bridgehead atoms. The third kappa shape index (κ3) is 5.91. The summed E-state index contributed by atoms with van der Waals surface area (Å²) >= 11 is 0. The summed E-state index contributed by atoms with van der Waals surface area (Å²) in [5.41, 5.74) is 1.04. The van der Waals surface area contributed by atoms with E-state index < -0.39 is 11.6 Å². The molecule has 2 aromatic rings. The predicted octanol–water partition coefficient (Wildman–Crippen LogP) is 0.283. The monoisotopic (exact) mass is 468 g/mol. The van der Waals surface area contributed by atoms with Gasteiger partial charge in [0.05, 0.1) is 35.7 Å². The molecule has 10 heteroatoms. The summed E-state index contributed by atoms with van der Waals surface area (Å²) in [6.07, 6.45) is 0.261. The fraction of sp³-hybridized carbons (Fsp3) is 0.333. The summed E-state index contributed by atoms with van der Waals surface area (Å²) in [7, 11) is 0. The Morgan fingerprint density at radius 2 is 1.06 bits per heavy atom. The van der Waals surface area contributed by atoms with Crippen molar-refractivity contribution >= 4 is 34.8 Å². The van der Waals surface area contributed by atoms with Gasteiger partial charge in [0.1, 0.15) is 0 Å². The summed E-state index contributed by atoms with van der Waals surface area (Å²) in [6, 6.07) is 9.35. The van der Waals surface area contributed by atoms with Crippen molar-refractivity contribution in [2.75, 3.05) is 50.0 Å². The number of anilines is 2. The number of benzene rings is 2. The molecule has 10 nitrogen and oxygen atoms in total. The van der Waals surface area contributed by atoms with Gasteiger partial charge >= 0.3 is 0 Å². The smallest absolute Gasteiger partial charge is 0.225 e. The molecular formula is C24H28N4O6. The van der Waals surface area contributed by atoms with Crippen LogP contribution in [0.25, 0.3) is 0 Å². The molecule has 2 aromatic carbocycles. The Morgan fingerprint density at radius 3 is 1.44 bits per heavy atom. The van der Waals surface area contributed by atoms with Crippen molar-refractivity contribution in [3.63, 3.8) is 0 Å². The van der Waals surface area contributed by atoms with E-state index in [2.05, 4.69) is 21.3 Å². The van der Waals surface area contributed by atoms with E-state index in [-0.39, 0.29) is 71.5 Å². The average molecular weight is 469 g/mol. The van der Waals surface area contributed by atoms with Crippen LogP contribution in [0.4, 0.5) is 11.4 Å². The average Bonchev–Trinajstić information content (AvgIpc) is 2.83. The van der Waals surface area contributed by atoms with Crippen molar-refractivity contribution in [3.8, 4) is 0 Å². The number of rotatable bonds is 12. The van der Waals surface area contributed by atoms with Crippen molar-refractivity contribution in [2.24, 2.45) is 0 Å². The number of aliphatic hydroxyl groups excluding tert-OH is 2. The van der Waals surface area contributed by atoms with Crippen LogP contribution in [-0.2, 0) is 9.59 Å². The molecule has 0 heterocycles. The molecule has 0 saturated carbocycles. The van der Waals surface area contributed by atoms with Crippen LogP contribution in [-0.4, -0.2) is 73.0 Å². The Balaban J connectivity index is 1.81. The number of carbonyl (C=O) groups is 4. The SMILES string of the molecule is O=C(CCNCCO)Nc1cccc2c1C(=O)c1cccc(NC(=O)CCNCCO)c1C2=O. The van der Waals surface area contributed by atoms with Crippen LogP contribution < -0.4 is 21.3 Å². The van der Waals surface area contributed by atoms with Gasteiger partial charge < -0.3 is 31.5 Å². The quantitative estimate of drug-likeness (QED) is 0.207. The first kappa shape index (κ1) is 25.2. The molecule has 0 saturated heterocycles. The maximum absolute atomic E-state index is 13.3. The molecule has 3 rings (SSSR count). The second kappa shape index (κ2) is 12.1. The fourth-order valence-corrected chi connectivity index (χ4v) is 3.69. The summed E-state index contributed by atoms with van der Waals surface area (Å²) in [5, 5.41) is 28.8. The lowest BCUT2D eigenvalue weighted by Crippen LogP contribution is -2.28. The molecule has 2 amide bonds. The van der Waals surface area contributed by atoms with Crippen LogP contribution >= 0.6 is 0 Å². The second-order valence-electron chi connectivity index (χ2n) is 7.66. The summed E-state index contributed by atoms with van der Waals surface area (Å²) in [4.78, 5) is 51.3. The Labute approximate surface area is 196 Å². The van der Waals surface area contributed by atoms with Gasteiger partial charge in [-0.05, 0) is 12.1 Å². The number of aliphatic hydroxyl groups is 2. The lowest BCUT2D eigenvalue weighted by atomic mass is 9.82. The zero-order valence-corrected chi connectivity index (χ0v) is 18.6. The van der Waals surface area contributed by atoms with E-state index in [0.717, 1.165) is 0 Å². The van der Waals surface area contributed by atoms with E-state index in [9.17, 15) is 19.2 Å². The minimum absolute atomic E-state index is 0.0348. The highest BCUT2D eigenvalue weighted by Crippen LogP contribution is 2.35. The lowest BCUT2D eigenvalue weighted by Gasteiger charge is -2.22. The van der Waals surface area contributed by atoms with E-state index in [0.29, 0.717) is 26.2 Å². The van der Waals surface area contributed by atoms with Gasteiger partial charge in [0.15, 0.2) is 11.6 Å². The summed E-state index contributed by atoms with van der Waals surface area (Å²) in [6.45, 7) is 1.39. The van der Waals surface area contributed by atoms with Gasteiger partial charge in [-0.2, -0.15) is 0 Å². The number of amides is 2. The molecule has 0 aliphatic heterocycles. The number of hydrogen-bond acceptors (Lipinski definition) is 8. The number of carbonyl (C=O) groups excluding carboxylic acids is 4.